The zero-order valence-corrected chi connectivity index (χ0v) is 24.9. The fraction of sp³-hybridized carbons (Fsp3) is 0.484. The van der Waals surface area contributed by atoms with E-state index in [1.54, 1.807) is 12.3 Å². The molecule has 222 valence electrons. The molecule has 1 aliphatic carbocycles. The molecule has 2 amide bonds. The largest absolute Gasteiger partial charge is 0.382 e. The number of hydrogen-bond donors (Lipinski definition) is 3. The summed E-state index contributed by atoms with van der Waals surface area (Å²) in [6, 6.07) is 9.62. The third-order valence-corrected chi connectivity index (χ3v) is 8.63. The number of urea groups is 1. The van der Waals surface area contributed by atoms with Crippen LogP contribution in [0.15, 0.2) is 47.2 Å². The van der Waals surface area contributed by atoms with Crippen LogP contribution in [0, 0.1) is 0 Å². The molecule has 0 spiro atoms. The molecular weight excluding hydrogens is 530 g/mol. The van der Waals surface area contributed by atoms with Crippen molar-refractivity contribution in [3.05, 3.63) is 54.3 Å². The molecule has 0 atom stereocenters. The van der Waals surface area contributed by atoms with Gasteiger partial charge in [-0.3, -0.25) is 14.6 Å². The maximum absolute atomic E-state index is 12.6. The van der Waals surface area contributed by atoms with Crippen LogP contribution in [0.1, 0.15) is 64.0 Å². The van der Waals surface area contributed by atoms with Gasteiger partial charge in [-0.25, -0.2) is 14.8 Å². The molecule has 0 unspecified atom stereocenters. The van der Waals surface area contributed by atoms with Gasteiger partial charge < -0.3 is 20.5 Å². The molecule has 4 heterocycles. The van der Waals surface area contributed by atoms with E-state index < -0.39 is 6.03 Å². The Kier molecular flexibility index (Phi) is 7.63. The molecule has 1 aromatic carbocycles. The summed E-state index contributed by atoms with van der Waals surface area (Å²) in [5.74, 6) is 2.95. The molecule has 0 bridgehead atoms. The summed E-state index contributed by atoms with van der Waals surface area (Å²) in [5.41, 5.74) is 9.41. The third-order valence-electron chi connectivity index (χ3n) is 8.63. The van der Waals surface area contributed by atoms with Crippen LogP contribution < -0.4 is 16.4 Å². The number of likely N-dealkylation sites (N-methyl/N-ethyl adjacent to an activating group) is 1. The highest BCUT2D eigenvalue weighted by molar-refractivity contribution is 5.99. The van der Waals surface area contributed by atoms with Crippen LogP contribution in [0.25, 0.3) is 16.8 Å². The number of carbonyl (C=O) groups excluding carboxylic acids is 1. The van der Waals surface area contributed by atoms with Crippen LogP contribution >= 0.6 is 0 Å². The number of hydrogen-bond acceptors (Lipinski definition) is 8. The Balaban J connectivity index is 1.16. The lowest BCUT2D eigenvalue weighted by Gasteiger charge is -2.41. The summed E-state index contributed by atoms with van der Waals surface area (Å²) in [7, 11) is 2.21. The fourth-order valence-corrected chi connectivity index (χ4v) is 6.14. The standard InChI is InChI=1S/C31H41N9O2/c1-31(2,3)24-19-25(37-42-24)35-30(41)34-22-9-5-20(6-10-22)26-27-28(32)33-13-14-40(27)29(36-26)21-7-11-23(12-8-21)39-17-15-38(4)16-18-39/h5-6,9-10,13-14,19,21,23H,7-8,11-12,15-18H2,1-4H3,(H2,32,33)(H2,34,35,37,41). The van der Waals surface area contributed by atoms with Crippen molar-refractivity contribution in [2.45, 2.75) is 63.8 Å². The number of imidazole rings is 1. The van der Waals surface area contributed by atoms with E-state index in [1.165, 1.54) is 12.8 Å². The summed E-state index contributed by atoms with van der Waals surface area (Å²) in [5, 5.41) is 9.53. The first-order valence-electron chi connectivity index (χ1n) is 14.9. The molecule has 1 saturated carbocycles. The van der Waals surface area contributed by atoms with Crippen molar-refractivity contribution in [2.24, 2.45) is 0 Å². The molecule has 6 rings (SSSR count). The SMILES string of the molecule is CN1CCN(C2CCC(c3nc(-c4ccc(NC(=O)Nc5cc(C(C)(C)C)on5)cc4)c4c(N)nccn34)CC2)CC1. The number of carbonyl (C=O) groups is 1. The first-order chi connectivity index (χ1) is 20.2. The molecule has 2 aliphatic rings. The van der Waals surface area contributed by atoms with E-state index in [1.807, 2.05) is 51.2 Å². The zero-order chi connectivity index (χ0) is 29.4. The zero-order valence-electron chi connectivity index (χ0n) is 24.9. The van der Waals surface area contributed by atoms with Crippen LogP contribution in [0.4, 0.5) is 22.1 Å². The first-order valence-corrected chi connectivity index (χ1v) is 14.9. The topological polar surface area (TPSA) is 130 Å². The predicted molar refractivity (Wildman–Crippen MR) is 165 cm³/mol. The van der Waals surface area contributed by atoms with Crippen molar-refractivity contribution < 1.29 is 9.32 Å². The van der Waals surface area contributed by atoms with Gasteiger partial charge in [0.15, 0.2) is 5.82 Å². The van der Waals surface area contributed by atoms with Crippen molar-refractivity contribution in [3.8, 4) is 11.3 Å². The maximum atomic E-state index is 12.6. The highest BCUT2D eigenvalue weighted by Gasteiger charge is 2.31. The number of nitrogens with two attached hydrogens (primary N) is 1. The van der Waals surface area contributed by atoms with Crippen molar-refractivity contribution in [1.82, 2.24) is 29.3 Å². The van der Waals surface area contributed by atoms with E-state index in [0.717, 1.165) is 61.6 Å². The number of piperazine rings is 1. The lowest BCUT2D eigenvalue weighted by molar-refractivity contribution is 0.0872. The van der Waals surface area contributed by atoms with Gasteiger partial charge in [0.2, 0.25) is 0 Å². The van der Waals surface area contributed by atoms with Crippen molar-refractivity contribution in [1.29, 1.82) is 0 Å². The molecule has 1 aliphatic heterocycles. The highest BCUT2D eigenvalue weighted by Crippen LogP contribution is 2.38. The number of rotatable bonds is 5. The van der Waals surface area contributed by atoms with E-state index in [0.29, 0.717) is 35.0 Å². The normalized spacial score (nSPS) is 20.6. The summed E-state index contributed by atoms with van der Waals surface area (Å²) in [4.78, 5) is 27.2. The van der Waals surface area contributed by atoms with E-state index in [-0.39, 0.29) is 5.41 Å². The number of fused-ring (bicyclic) bond motifs is 1. The molecule has 4 aromatic rings. The molecule has 11 nitrogen and oxygen atoms in total. The first kappa shape index (κ1) is 28.2. The average molecular weight is 572 g/mol. The third kappa shape index (κ3) is 5.84. The van der Waals surface area contributed by atoms with Gasteiger partial charge in [-0.15, -0.1) is 0 Å². The van der Waals surface area contributed by atoms with Gasteiger partial charge in [-0.1, -0.05) is 38.1 Å². The minimum absolute atomic E-state index is 0.195. The van der Waals surface area contributed by atoms with Crippen molar-refractivity contribution in [2.75, 3.05) is 49.6 Å². The van der Waals surface area contributed by atoms with E-state index >= 15 is 0 Å². The average Bonchev–Trinajstić information content (AvgIpc) is 3.60. The number of amides is 2. The van der Waals surface area contributed by atoms with E-state index in [2.05, 4.69) is 42.0 Å². The molecule has 0 radical (unpaired) electrons. The molecular formula is C31H41N9O2. The molecule has 4 N–H and O–H groups in total. The van der Waals surface area contributed by atoms with Gasteiger partial charge in [0.05, 0.1) is 0 Å². The Morgan fingerprint density at radius 3 is 2.40 bits per heavy atom. The summed E-state index contributed by atoms with van der Waals surface area (Å²) < 4.78 is 7.48. The number of nitrogens with one attached hydrogen (secondary N) is 2. The van der Waals surface area contributed by atoms with Gasteiger partial charge in [-0.05, 0) is 44.9 Å². The molecule has 11 heteroatoms. The Morgan fingerprint density at radius 2 is 1.74 bits per heavy atom. The number of aromatic nitrogens is 4. The number of nitrogen functional groups attached to an aromatic ring is 1. The van der Waals surface area contributed by atoms with Gasteiger partial charge in [-0.2, -0.15) is 0 Å². The quantitative estimate of drug-likeness (QED) is 0.299. The second kappa shape index (κ2) is 11.4. The van der Waals surface area contributed by atoms with Crippen LogP contribution in [-0.2, 0) is 5.41 Å². The monoisotopic (exact) mass is 571 g/mol. The second-order valence-electron chi connectivity index (χ2n) is 12.7. The van der Waals surface area contributed by atoms with Gasteiger partial charge in [0, 0.05) is 73.3 Å². The Hall–Kier alpha value is -3.96. The Labute approximate surface area is 246 Å². The Bertz CT molecular complexity index is 1540. The number of benzene rings is 1. The summed E-state index contributed by atoms with van der Waals surface area (Å²) in [6.45, 7) is 10.7. The molecule has 3 aromatic heterocycles. The van der Waals surface area contributed by atoms with E-state index in [9.17, 15) is 4.79 Å². The number of nitrogens with zero attached hydrogens (tertiary/aromatic N) is 6. The highest BCUT2D eigenvalue weighted by atomic mass is 16.5. The van der Waals surface area contributed by atoms with Crippen LogP contribution in [0.2, 0.25) is 0 Å². The Morgan fingerprint density at radius 1 is 1.02 bits per heavy atom. The van der Waals surface area contributed by atoms with E-state index in [4.69, 9.17) is 15.2 Å². The summed E-state index contributed by atoms with van der Waals surface area (Å²) in [6.07, 6.45) is 8.31. The van der Waals surface area contributed by atoms with Crippen molar-refractivity contribution >= 4 is 28.9 Å². The number of anilines is 3. The van der Waals surface area contributed by atoms with Gasteiger partial charge >= 0.3 is 6.03 Å². The summed E-state index contributed by atoms with van der Waals surface area (Å²) >= 11 is 0. The molecule has 42 heavy (non-hydrogen) atoms. The van der Waals surface area contributed by atoms with Crippen LogP contribution in [0.5, 0.6) is 0 Å². The minimum atomic E-state index is -0.396. The minimum Gasteiger partial charge on any atom is -0.382 e. The lowest BCUT2D eigenvalue weighted by atomic mass is 9.84. The van der Waals surface area contributed by atoms with Gasteiger partial charge in [0.1, 0.15) is 28.6 Å². The molecule has 1 saturated heterocycles. The van der Waals surface area contributed by atoms with Gasteiger partial charge in [0.25, 0.3) is 0 Å². The lowest BCUT2D eigenvalue weighted by Crippen LogP contribution is -2.49. The van der Waals surface area contributed by atoms with Crippen LogP contribution in [0.3, 0.4) is 0 Å². The molecule has 2 fully saturated rings. The fourth-order valence-electron chi connectivity index (χ4n) is 6.14. The maximum Gasteiger partial charge on any atom is 0.324 e. The van der Waals surface area contributed by atoms with Crippen LogP contribution in [-0.4, -0.2) is 74.6 Å². The van der Waals surface area contributed by atoms with Crippen molar-refractivity contribution in [3.63, 3.8) is 0 Å². The predicted octanol–water partition coefficient (Wildman–Crippen LogP) is 5.18. The second-order valence-corrected chi connectivity index (χ2v) is 12.7. The smallest absolute Gasteiger partial charge is 0.324 e.